The first-order chi connectivity index (χ1) is 15.8. The highest BCUT2D eigenvalue weighted by molar-refractivity contribution is 7.28. The van der Waals surface area contributed by atoms with Crippen LogP contribution in [0.5, 0.6) is 23.0 Å². The van der Waals surface area contributed by atoms with Crippen LogP contribution in [-0.2, 0) is 6.42 Å². The van der Waals surface area contributed by atoms with Crippen molar-refractivity contribution in [2.75, 3.05) is 7.11 Å². The fourth-order valence-electron chi connectivity index (χ4n) is 3.03. The van der Waals surface area contributed by atoms with Crippen LogP contribution in [-0.4, -0.2) is 22.8 Å². The highest BCUT2D eigenvalue weighted by Crippen LogP contribution is 2.32. The van der Waals surface area contributed by atoms with Crippen LogP contribution in [0.25, 0.3) is 11.1 Å². The van der Waals surface area contributed by atoms with Gasteiger partial charge in [0.1, 0.15) is 11.5 Å². The predicted octanol–water partition coefficient (Wildman–Crippen LogP) is 5.60. The molecule has 0 aliphatic carbocycles. The van der Waals surface area contributed by atoms with E-state index in [1.54, 1.807) is 30.3 Å². The molecule has 0 aliphatic heterocycles. The van der Waals surface area contributed by atoms with Crippen LogP contribution in [0.3, 0.4) is 0 Å². The van der Waals surface area contributed by atoms with Crippen LogP contribution in [0.15, 0.2) is 73.8 Å². The van der Waals surface area contributed by atoms with E-state index in [4.69, 9.17) is 15.2 Å². The number of nitrogens with two attached hydrogens (primary N) is 1. The zero-order chi connectivity index (χ0) is 25.0. The maximum atomic E-state index is 9.90. The van der Waals surface area contributed by atoms with Gasteiger partial charge in [0, 0.05) is 11.7 Å². The van der Waals surface area contributed by atoms with E-state index in [0.29, 0.717) is 17.9 Å². The molecule has 3 atom stereocenters. The number of ether oxygens (including phenoxy) is 2. The van der Waals surface area contributed by atoms with Gasteiger partial charge in [-0.2, -0.15) is 0 Å². The lowest BCUT2D eigenvalue weighted by atomic mass is 10.0. The molecule has 0 amide bonds. The van der Waals surface area contributed by atoms with Gasteiger partial charge in [-0.05, 0) is 59.5 Å². The van der Waals surface area contributed by atoms with Crippen molar-refractivity contribution in [1.29, 1.82) is 0 Å². The van der Waals surface area contributed by atoms with Gasteiger partial charge in [0.2, 0.25) is 0 Å². The maximum Gasteiger partial charge on any atom is 0.171 e. The average molecular weight is 488 g/mol. The molecule has 0 saturated carbocycles. The Morgan fingerprint density at radius 1 is 0.939 bits per heavy atom. The molecule has 4 N–H and O–H groups in total. The molecule has 0 aliphatic rings. The second-order valence-corrected chi connectivity index (χ2v) is 8.38. The fraction of sp³-hybridized carbons (Fsp3) is 0.231. The van der Waals surface area contributed by atoms with Crippen molar-refractivity contribution in [3.63, 3.8) is 0 Å². The molecular weight excluding hydrogens is 452 g/mol. The van der Waals surface area contributed by atoms with Crippen LogP contribution in [0.1, 0.15) is 25.8 Å². The molecule has 5 nitrogen and oxygen atoms in total. The van der Waals surface area contributed by atoms with Crippen molar-refractivity contribution < 1.29 is 19.7 Å². The molecule has 0 spiro atoms. The third-order valence-corrected chi connectivity index (χ3v) is 5.57. The molecule has 3 unspecified atom stereocenters. The number of hydrogen-bond acceptors (Lipinski definition) is 5. The maximum absolute atomic E-state index is 9.90. The van der Waals surface area contributed by atoms with Gasteiger partial charge in [-0.1, -0.05) is 47.4 Å². The van der Waals surface area contributed by atoms with Crippen LogP contribution in [0.4, 0.5) is 0 Å². The number of benzene rings is 3. The first kappa shape index (κ1) is 28.5. The summed E-state index contributed by atoms with van der Waals surface area (Å²) >= 11 is 0. The largest absolute Gasteiger partial charge is 0.508 e. The van der Waals surface area contributed by atoms with E-state index < -0.39 is 5.47 Å². The van der Waals surface area contributed by atoms with Gasteiger partial charge in [0.25, 0.3) is 0 Å². The molecule has 0 saturated heterocycles. The first-order valence-electron chi connectivity index (χ1n) is 10.6. The Bertz CT molecular complexity index is 990. The summed E-state index contributed by atoms with van der Waals surface area (Å²) < 4.78 is 11.1. The standard InChI is InChI=1S/C22H25NO4P2.C2H6.C2H4/c1-26-20-19(25)11-10-18(21(20)28)15-4-2-14(3-5-15)12-13-22(23,29)27-17-8-6-16(24)7-9-17;2*1-2/h2-11,24-25H,12-13,23,28-29H2,1H3;1-2H3;1-2H2. The van der Waals surface area contributed by atoms with Gasteiger partial charge in [0.05, 0.1) is 7.11 Å². The summed E-state index contributed by atoms with van der Waals surface area (Å²) in [5, 5.41) is 20.1. The topological polar surface area (TPSA) is 84.9 Å². The van der Waals surface area contributed by atoms with E-state index in [2.05, 4.69) is 43.8 Å². The summed E-state index contributed by atoms with van der Waals surface area (Å²) in [5.74, 6) is 1.36. The first-order valence-corrected chi connectivity index (χ1v) is 11.7. The van der Waals surface area contributed by atoms with Crippen molar-refractivity contribution >= 4 is 23.8 Å². The van der Waals surface area contributed by atoms with Crippen molar-refractivity contribution in [3.05, 3.63) is 79.4 Å². The van der Waals surface area contributed by atoms with Crippen LogP contribution < -0.4 is 20.5 Å². The van der Waals surface area contributed by atoms with Gasteiger partial charge in [-0.15, -0.1) is 22.4 Å². The molecule has 7 heteroatoms. The van der Waals surface area contributed by atoms with Gasteiger partial charge < -0.3 is 19.7 Å². The molecule has 33 heavy (non-hydrogen) atoms. The normalized spacial score (nSPS) is 11.7. The smallest absolute Gasteiger partial charge is 0.171 e. The lowest BCUT2D eigenvalue weighted by molar-refractivity contribution is 0.161. The van der Waals surface area contributed by atoms with E-state index >= 15 is 0 Å². The van der Waals surface area contributed by atoms with Crippen molar-refractivity contribution in [2.24, 2.45) is 5.73 Å². The van der Waals surface area contributed by atoms with E-state index in [0.717, 1.165) is 28.4 Å². The monoisotopic (exact) mass is 487 g/mol. The Morgan fingerprint density at radius 3 is 2.06 bits per heavy atom. The summed E-state index contributed by atoms with van der Waals surface area (Å²) in [7, 11) is 6.72. The van der Waals surface area contributed by atoms with E-state index in [1.165, 1.54) is 7.11 Å². The van der Waals surface area contributed by atoms with Gasteiger partial charge in [-0.25, -0.2) is 0 Å². The van der Waals surface area contributed by atoms with Crippen LogP contribution in [0.2, 0.25) is 0 Å². The van der Waals surface area contributed by atoms with Crippen LogP contribution in [0, 0.1) is 0 Å². The average Bonchev–Trinajstić information content (AvgIpc) is 2.83. The molecular formula is C26H35NO4P2. The molecule has 3 aromatic carbocycles. The molecule has 0 radical (unpaired) electrons. The van der Waals surface area contributed by atoms with E-state index in [-0.39, 0.29) is 11.5 Å². The molecule has 178 valence electrons. The number of phenolic OH excluding ortho intramolecular Hbond substituents is 2. The minimum atomic E-state index is -0.910. The number of rotatable bonds is 7. The molecule has 0 fully saturated rings. The summed E-state index contributed by atoms with van der Waals surface area (Å²) in [6.07, 6.45) is 1.34. The SMILES string of the molecule is C=C.CC.COc1c(O)ccc(-c2ccc(CCC(N)(P)Oc3ccc(O)cc3)cc2)c1P. The Kier molecular flexibility index (Phi) is 11.9. The third kappa shape index (κ3) is 8.37. The number of hydrogen-bond donors (Lipinski definition) is 3. The Labute approximate surface area is 202 Å². The minimum absolute atomic E-state index is 0.117. The summed E-state index contributed by atoms with van der Waals surface area (Å²) in [4.78, 5) is 0. The summed E-state index contributed by atoms with van der Waals surface area (Å²) in [5.41, 5.74) is 8.49. The van der Waals surface area contributed by atoms with Crippen LogP contribution >= 0.6 is 18.5 Å². The van der Waals surface area contributed by atoms with Crippen molar-refractivity contribution in [1.82, 2.24) is 0 Å². The molecule has 0 bridgehead atoms. The zero-order valence-corrected chi connectivity index (χ0v) is 21.9. The molecule has 0 aromatic heterocycles. The second kappa shape index (κ2) is 13.9. The van der Waals surface area contributed by atoms with Crippen molar-refractivity contribution in [3.8, 4) is 34.1 Å². The number of aromatic hydroxyl groups is 2. The predicted molar refractivity (Wildman–Crippen MR) is 146 cm³/mol. The molecule has 0 heterocycles. The molecule has 3 rings (SSSR count). The number of methoxy groups -OCH3 is 1. The van der Waals surface area contributed by atoms with E-state index in [9.17, 15) is 10.2 Å². The zero-order valence-electron chi connectivity index (χ0n) is 19.5. The van der Waals surface area contributed by atoms with Gasteiger partial charge in [-0.3, -0.25) is 5.73 Å². The number of aryl methyl sites for hydroxylation is 1. The third-order valence-electron chi connectivity index (χ3n) is 4.59. The summed E-state index contributed by atoms with van der Waals surface area (Å²) in [6, 6.07) is 18.2. The van der Waals surface area contributed by atoms with Gasteiger partial charge >= 0.3 is 0 Å². The number of phenols is 2. The fourth-order valence-corrected chi connectivity index (χ4v) is 3.84. The lowest BCUT2D eigenvalue weighted by Crippen LogP contribution is -2.39. The lowest BCUT2D eigenvalue weighted by Gasteiger charge is -2.26. The van der Waals surface area contributed by atoms with Gasteiger partial charge in [0.15, 0.2) is 17.0 Å². The van der Waals surface area contributed by atoms with Crippen molar-refractivity contribution in [2.45, 2.75) is 32.2 Å². The summed E-state index contributed by atoms with van der Waals surface area (Å²) in [6.45, 7) is 10.0. The Hall–Kier alpha value is -2.58. The minimum Gasteiger partial charge on any atom is -0.508 e. The van der Waals surface area contributed by atoms with E-state index in [1.807, 2.05) is 32.0 Å². The Balaban J connectivity index is 0.00000129. The second-order valence-electron chi connectivity index (χ2n) is 6.83. The quantitative estimate of drug-likeness (QED) is 0.229. The highest BCUT2D eigenvalue weighted by Gasteiger charge is 2.20. The highest BCUT2D eigenvalue weighted by atomic mass is 31.0. The Morgan fingerprint density at radius 2 is 1.52 bits per heavy atom. The molecule has 3 aromatic rings.